The average Bonchev–Trinajstić information content (AvgIpc) is 2.56. The van der Waals surface area contributed by atoms with Crippen LogP contribution in [0.15, 0.2) is 23.0 Å². The van der Waals surface area contributed by atoms with E-state index in [4.69, 9.17) is 23.2 Å². The number of alkyl halides is 3. The second-order valence-electron chi connectivity index (χ2n) is 3.88. The molecule has 1 heterocycles. The Hall–Kier alpha value is -1.40. The molecule has 0 fully saturated rings. The lowest BCUT2D eigenvalue weighted by molar-refractivity contribution is -0.137. The molecule has 0 aliphatic carbocycles. The molecule has 3 nitrogen and oxygen atoms in total. The number of aryl methyl sites for hydroxylation is 1. The normalized spacial score (nSPS) is 11.9. The lowest BCUT2D eigenvalue weighted by Crippen LogP contribution is -2.09. The standard InChI is InChI=1S/C11H7Cl2F3N2O/c1-18-9(19)4-8(17-18)10-6(12)2-5(3-7(10)13)11(14,15)16/h2-4,17H,1H3. The minimum absolute atomic E-state index is 0.161. The Balaban J connectivity index is 2.63. The monoisotopic (exact) mass is 310 g/mol. The van der Waals surface area contributed by atoms with Gasteiger partial charge in [0, 0.05) is 18.7 Å². The maximum Gasteiger partial charge on any atom is 0.416 e. The summed E-state index contributed by atoms with van der Waals surface area (Å²) < 4.78 is 38.9. The number of H-pyrrole nitrogens is 1. The lowest BCUT2D eigenvalue weighted by atomic mass is 10.1. The molecule has 0 aliphatic heterocycles. The van der Waals surface area contributed by atoms with E-state index < -0.39 is 11.7 Å². The van der Waals surface area contributed by atoms with Gasteiger partial charge in [-0.1, -0.05) is 23.2 Å². The van der Waals surface area contributed by atoms with E-state index in [1.807, 2.05) is 0 Å². The molecular formula is C11H7Cl2F3N2O. The highest BCUT2D eigenvalue weighted by molar-refractivity contribution is 6.39. The Morgan fingerprint density at radius 3 is 2.05 bits per heavy atom. The minimum atomic E-state index is -4.53. The zero-order chi connectivity index (χ0) is 14.4. The van der Waals surface area contributed by atoms with Gasteiger partial charge in [-0.05, 0) is 12.1 Å². The summed E-state index contributed by atoms with van der Waals surface area (Å²) in [5.41, 5.74) is -0.864. The van der Waals surface area contributed by atoms with Crippen molar-refractivity contribution in [3.63, 3.8) is 0 Å². The van der Waals surface area contributed by atoms with Crippen LogP contribution < -0.4 is 5.56 Å². The van der Waals surface area contributed by atoms with E-state index >= 15 is 0 Å². The van der Waals surface area contributed by atoms with E-state index in [1.54, 1.807) is 0 Å². The van der Waals surface area contributed by atoms with E-state index in [0.717, 1.165) is 12.1 Å². The summed E-state index contributed by atoms with van der Waals surface area (Å²) in [6.45, 7) is 0. The van der Waals surface area contributed by atoms with Gasteiger partial charge in [0.2, 0.25) is 0 Å². The van der Waals surface area contributed by atoms with Crippen LogP contribution in [0, 0.1) is 0 Å². The molecule has 0 radical (unpaired) electrons. The molecule has 2 aromatic rings. The molecule has 0 saturated carbocycles. The summed E-state index contributed by atoms with van der Waals surface area (Å²) in [4.78, 5) is 11.3. The van der Waals surface area contributed by atoms with Crippen LogP contribution in [0.25, 0.3) is 11.3 Å². The van der Waals surface area contributed by atoms with Crippen molar-refractivity contribution in [3.8, 4) is 11.3 Å². The van der Waals surface area contributed by atoms with Crippen molar-refractivity contribution >= 4 is 23.2 Å². The molecule has 8 heteroatoms. The molecule has 2 rings (SSSR count). The largest absolute Gasteiger partial charge is 0.416 e. The second-order valence-corrected chi connectivity index (χ2v) is 4.69. The molecule has 0 amide bonds. The summed E-state index contributed by atoms with van der Waals surface area (Å²) in [5.74, 6) is 0. The van der Waals surface area contributed by atoms with Crippen molar-refractivity contribution in [1.82, 2.24) is 9.78 Å². The molecule has 1 aromatic heterocycles. The number of hydrogen-bond donors (Lipinski definition) is 1. The Morgan fingerprint density at radius 1 is 1.16 bits per heavy atom. The highest BCUT2D eigenvalue weighted by Crippen LogP contribution is 2.39. The maximum atomic E-state index is 12.6. The van der Waals surface area contributed by atoms with Crippen LogP contribution in [0.4, 0.5) is 13.2 Å². The molecule has 0 spiro atoms. The predicted molar refractivity (Wildman–Crippen MR) is 66.5 cm³/mol. The average molecular weight is 311 g/mol. The second kappa shape index (κ2) is 4.61. The van der Waals surface area contributed by atoms with Crippen molar-refractivity contribution in [1.29, 1.82) is 0 Å². The first kappa shape index (κ1) is 14.0. The molecule has 102 valence electrons. The van der Waals surface area contributed by atoms with Gasteiger partial charge in [0.05, 0.1) is 21.3 Å². The van der Waals surface area contributed by atoms with Crippen LogP contribution in [0.3, 0.4) is 0 Å². The molecule has 19 heavy (non-hydrogen) atoms. The van der Waals surface area contributed by atoms with Crippen LogP contribution in [0.1, 0.15) is 5.56 Å². The SMILES string of the molecule is Cn1[nH]c(-c2c(Cl)cc(C(F)(F)F)cc2Cl)cc1=O. The molecule has 0 aliphatic rings. The zero-order valence-corrected chi connectivity index (χ0v) is 11.0. The van der Waals surface area contributed by atoms with Crippen LogP contribution in [0.2, 0.25) is 10.0 Å². The van der Waals surface area contributed by atoms with Crippen molar-refractivity contribution in [2.75, 3.05) is 0 Å². The third kappa shape index (κ3) is 2.64. The highest BCUT2D eigenvalue weighted by Gasteiger charge is 2.32. The van der Waals surface area contributed by atoms with Gasteiger partial charge in [-0.2, -0.15) is 13.2 Å². The molecule has 0 unspecified atom stereocenters. The Morgan fingerprint density at radius 2 is 1.68 bits per heavy atom. The summed E-state index contributed by atoms with van der Waals surface area (Å²) in [5, 5.41) is 2.30. The van der Waals surface area contributed by atoms with Gasteiger partial charge >= 0.3 is 6.18 Å². The molecule has 0 atom stereocenters. The first-order valence-electron chi connectivity index (χ1n) is 5.03. The van der Waals surface area contributed by atoms with Crippen molar-refractivity contribution in [2.24, 2.45) is 7.05 Å². The zero-order valence-electron chi connectivity index (χ0n) is 9.48. The van der Waals surface area contributed by atoms with Gasteiger partial charge in [0.25, 0.3) is 5.56 Å². The van der Waals surface area contributed by atoms with E-state index in [0.29, 0.717) is 0 Å². The van der Waals surface area contributed by atoms with Gasteiger partial charge in [-0.25, -0.2) is 0 Å². The third-order valence-corrected chi connectivity index (χ3v) is 3.12. The highest BCUT2D eigenvalue weighted by atomic mass is 35.5. The fourth-order valence-electron chi connectivity index (χ4n) is 1.61. The topological polar surface area (TPSA) is 37.8 Å². The quantitative estimate of drug-likeness (QED) is 0.856. The number of rotatable bonds is 1. The van der Waals surface area contributed by atoms with Crippen molar-refractivity contribution < 1.29 is 13.2 Å². The van der Waals surface area contributed by atoms with Crippen molar-refractivity contribution in [3.05, 3.63) is 44.2 Å². The smallest absolute Gasteiger partial charge is 0.295 e. The third-order valence-electron chi connectivity index (χ3n) is 2.53. The molecular weight excluding hydrogens is 304 g/mol. The fraction of sp³-hybridized carbons (Fsp3) is 0.182. The molecule has 0 bridgehead atoms. The molecule has 1 aromatic carbocycles. The minimum Gasteiger partial charge on any atom is -0.295 e. The summed E-state index contributed by atoms with van der Waals surface area (Å²) in [7, 11) is 1.47. The Bertz CT molecular complexity index is 665. The fourth-order valence-corrected chi connectivity index (χ4v) is 2.30. The van der Waals surface area contributed by atoms with Gasteiger partial charge in [-0.3, -0.25) is 14.6 Å². The number of nitrogens with one attached hydrogen (secondary N) is 1. The number of aromatic amines is 1. The first-order chi connectivity index (χ1) is 8.70. The Labute approximate surface area is 115 Å². The van der Waals surface area contributed by atoms with Crippen LogP contribution in [-0.4, -0.2) is 9.78 Å². The molecule has 1 N–H and O–H groups in total. The van der Waals surface area contributed by atoms with Gasteiger partial charge in [-0.15, -0.1) is 0 Å². The lowest BCUT2D eigenvalue weighted by Gasteiger charge is -2.11. The number of nitrogens with zero attached hydrogens (tertiary/aromatic N) is 1. The Kier molecular flexibility index (Phi) is 3.40. The predicted octanol–water partition coefficient (Wildman–Crippen LogP) is 3.71. The number of benzene rings is 1. The number of aromatic nitrogens is 2. The summed E-state index contributed by atoms with van der Waals surface area (Å²) in [6.07, 6.45) is -4.53. The van der Waals surface area contributed by atoms with Crippen molar-refractivity contribution in [2.45, 2.75) is 6.18 Å². The van der Waals surface area contributed by atoms with E-state index in [9.17, 15) is 18.0 Å². The number of halogens is 5. The summed E-state index contributed by atoms with van der Waals surface area (Å²) in [6, 6.07) is 2.75. The van der Waals surface area contributed by atoms with Crippen LogP contribution in [-0.2, 0) is 13.2 Å². The van der Waals surface area contributed by atoms with Gasteiger partial charge in [0.15, 0.2) is 0 Å². The van der Waals surface area contributed by atoms with Gasteiger partial charge < -0.3 is 0 Å². The van der Waals surface area contributed by atoms with Crippen LogP contribution in [0.5, 0.6) is 0 Å². The molecule has 0 saturated heterocycles. The van der Waals surface area contributed by atoms with Gasteiger partial charge in [0.1, 0.15) is 0 Å². The van der Waals surface area contributed by atoms with Crippen LogP contribution >= 0.6 is 23.2 Å². The first-order valence-corrected chi connectivity index (χ1v) is 5.78. The maximum absolute atomic E-state index is 12.6. The van der Waals surface area contributed by atoms with E-state index in [2.05, 4.69) is 5.10 Å². The number of hydrogen-bond acceptors (Lipinski definition) is 1. The van der Waals surface area contributed by atoms with E-state index in [1.165, 1.54) is 17.8 Å². The summed E-state index contributed by atoms with van der Waals surface area (Å²) >= 11 is 11.6. The van der Waals surface area contributed by atoms with E-state index in [-0.39, 0.29) is 26.9 Å².